The molecule has 1 atom stereocenters. The van der Waals surface area contributed by atoms with Gasteiger partial charge in [0.25, 0.3) is 0 Å². The van der Waals surface area contributed by atoms with Crippen LogP contribution in [0.4, 0.5) is 0 Å². The molecule has 142 valence electrons. The van der Waals surface area contributed by atoms with Crippen LogP contribution in [0.2, 0.25) is 0 Å². The Morgan fingerprint density at radius 3 is 2.65 bits per heavy atom. The average Bonchev–Trinajstić information content (AvgIpc) is 2.54. The number of hydrogen-bond donors (Lipinski definition) is 2. The van der Waals surface area contributed by atoms with Gasteiger partial charge in [-0.3, -0.25) is 0 Å². The van der Waals surface area contributed by atoms with Crippen molar-refractivity contribution in [2.45, 2.75) is 71.8 Å². The molecule has 0 fully saturated rings. The van der Waals surface area contributed by atoms with Crippen LogP contribution < -0.4 is 4.74 Å². The number of rotatable bonds is 8. The van der Waals surface area contributed by atoms with Crippen LogP contribution in [-0.2, 0) is 6.42 Å². The number of aliphatic hydroxyl groups is 1. The van der Waals surface area contributed by atoms with E-state index in [-0.39, 0.29) is 11.5 Å². The van der Waals surface area contributed by atoms with E-state index in [2.05, 4.69) is 33.4 Å². The Bertz CT molecular complexity index is 723. The Morgan fingerprint density at radius 2 is 2.04 bits per heavy atom. The van der Waals surface area contributed by atoms with E-state index in [1.807, 2.05) is 19.1 Å². The van der Waals surface area contributed by atoms with Gasteiger partial charge in [-0.2, -0.15) is 0 Å². The molecule has 26 heavy (non-hydrogen) atoms. The summed E-state index contributed by atoms with van der Waals surface area (Å²) in [5.41, 5.74) is 2.96. The van der Waals surface area contributed by atoms with Crippen LogP contribution in [0.1, 0.15) is 76.5 Å². The van der Waals surface area contributed by atoms with Gasteiger partial charge in [0.1, 0.15) is 22.9 Å². The third-order valence-corrected chi connectivity index (χ3v) is 4.85. The summed E-state index contributed by atoms with van der Waals surface area (Å²) < 4.78 is 6.32. The number of phenols is 1. The van der Waals surface area contributed by atoms with E-state index in [0.717, 1.165) is 44.1 Å². The molecule has 1 aliphatic rings. The number of benzene rings is 1. The van der Waals surface area contributed by atoms with Crippen molar-refractivity contribution in [2.24, 2.45) is 0 Å². The number of aromatic hydroxyl groups is 1. The molecule has 3 nitrogen and oxygen atoms in total. The molecule has 3 heteroatoms. The second-order valence-electron chi connectivity index (χ2n) is 7.64. The number of aliphatic hydroxyl groups excluding tert-OH is 1. The van der Waals surface area contributed by atoms with Gasteiger partial charge in [-0.1, -0.05) is 38.0 Å². The number of ether oxygens (including phenoxy) is 1. The molecule has 0 spiro atoms. The van der Waals surface area contributed by atoms with Crippen molar-refractivity contribution >= 4 is 11.8 Å². The van der Waals surface area contributed by atoms with Crippen molar-refractivity contribution in [2.75, 3.05) is 0 Å². The van der Waals surface area contributed by atoms with Crippen LogP contribution in [-0.4, -0.2) is 15.8 Å². The molecule has 1 aromatic carbocycles. The standard InChI is InChI=1S/C23H32O3/c1-6-7-8-11-18-15-20(25)19-12-14-23(5,13-9-10-16(2)3)26-22(19)21(18)17(4)24/h10,12,14-15,24-25H,4,6-9,11,13H2,1-3,5H3. The van der Waals surface area contributed by atoms with Gasteiger partial charge in [0.15, 0.2) is 0 Å². The lowest BCUT2D eigenvalue weighted by molar-refractivity contribution is 0.127. The highest BCUT2D eigenvalue weighted by Gasteiger charge is 2.31. The molecular formula is C23H32O3. The molecule has 0 saturated carbocycles. The number of hydrogen-bond acceptors (Lipinski definition) is 3. The Kier molecular flexibility index (Phi) is 6.57. The van der Waals surface area contributed by atoms with E-state index >= 15 is 0 Å². The second kappa shape index (κ2) is 8.48. The maximum atomic E-state index is 10.5. The number of unbranched alkanes of at least 4 members (excludes halogenated alkanes) is 2. The summed E-state index contributed by atoms with van der Waals surface area (Å²) in [5, 5.41) is 20.7. The molecule has 2 rings (SSSR count). The third kappa shape index (κ3) is 4.72. The fourth-order valence-electron chi connectivity index (χ4n) is 3.37. The van der Waals surface area contributed by atoms with Crippen molar-refractivity contribution in [3.8, 4) is 11.5 Å². The molecule has 0 radical (unpaired) electrons. The molecule has 1 unspecified atom stereocenters. The van der Waals surface area contributed by atoms with Crippen LogP contribution >= 0.6 is 0 Å². The highest BCUT2D eigenvalue weighted by Crippen LogP contribution is 2.44. The topological polar surface area (TPSA) is 49.7 Å². The molecule has 1 aliphatic heterocycles. The Balaban J connectivity index is 2.39. The van der Waals surface area contributed by atoms with Crippen LogP contribution in [0, 0.1) is 0 Å². The number of fused-ring (bicyclic) bond motifs is 1. The SMILES string of the molecule is C=C(O)c1c(CCCCC)cc(O)c2c1OC(C)(CCC=C(C)C)C=C2. The molecule has 0 amide bonds. The van der Waals surface area contributed by atoms with Gasteiger partial charge in [0.05, 0.1) is 11.1 Å². The maximum absolute atomic E-state index is 10.5. The number of allylic oxidation sites excluding steroid dienone is 2. The summed E-state index contributed by atoms with van der Waals surface area (Å²) in [5.74, 6) is 0.736. The van der Waals surface area contributed by atoms with E-state index < -0.39 is 5.60 Å². The second-order valence-corrected chi connectivity index (χ2v) is 7.64. The van der Waals surface area contributed by atoms with Gasteiger partial charge in [-0.25, -0.2) is 0 Å². The summed E-state index contributed by atoms with van der Waals surface area (Å²) in [7, 11) is 0. The summed E-state index contributed by atoms with van der Waals surface area (Å²) in [6.07, 6.45) is 11.8. The molecule has 0 aliphatic carbocycles. The van der Waals surface area contributed by atoms with E-state index in [0.29, 0.717) is 16.9 Å². The quantitative estimate of drug-likeness (QED) is 0.315. The lowest BCUT2D eigenvalue weighted by Crippen LogP contribution is -2.32. The first-order valence-electron chi connectivity index (χ1n) is 9.56. The Morgan fingerprint density at radius 1 is 1.31 bits per heavy atom. The minimum atomic E-state index is -0.475. The lowest BCUT2D eigenvalue weighted by atomic mass is 9.90. The fourth-order valence-corrected chi connectivity index (χ4v) is 3.37. The van der Waals surface area contributed by atoms with Crippen LogP contribution in [0.3, 0.4) is 0 Å². The predicted molar refractivity (Wildman–Crippen MR) is 110 cm³/mol. The largest absolute Gasteiger partial charge is 0.508 e. The van der Waals surface area contributed by atoms with E-state index in [9.17, 15) is 10.2 Å². The van der Waals surface area contributed by atoms with Crippen LogP contribution in [0.25, 0.3) is 11.8 Å². The molecular weight excluding hydrogens is 324 g/mol. The van der Waals surface area contributed by atoms with Crippen molar-refractivity contribution in [3.05, 3.63) is 47.1 Å². The Labute approximate surface area is 157 Å². The first-order chi connectivity index (χ1) is 12.3. The van der Waals surface area contributed by atoms with Crippen molar-refractivity contribution in [1.29, 1.82) is 0 Å². The van der Waals surface area contributed by atoms with E-state index in [1.165, 1.54) is 5.57 Å². The third-order valence-electron chi connectivity index (χ3n) is 4.85. The van der Waals surface area contributed by atoms with Crippen molar-refractivity contribution in [3.63, 3.8) is 0 Å². The zero-order chi connectivity index (χ0) is 19.3. The van der Waals surface area contributed by atoms with Gasteiger partial charge >= 0.3 is 0 Å². The average molecular weight is 357 g/mol. The monoisotopic (exact) mass is 356 g/mol. The minimum Gasteiger partial charge on any atom is -0.508 e. The lowest BCUT2D eigenvalue weighted by Gasteiger charge is -2.33. The van der Waals surface area contributed by atoms with Gasteiger partial charge in [-0.15, -0.1) is 0 Å². The van der Waals surface area contributed by atoms with Gasteiger partial charge in [0, 0.05) is 0 Å². The molecule has 2 N–H and O–H groups in total. The smallest absolute Gasteiger partial charge is 0.142 e. The van der Waals surface area contributed by atoms with Gasteiger partial charge in [0.2, 0.25) is 0 Å². The summed E-state index contributed by atoms with van der Waals surface area (Å²) in [6.45, 7) is 12.1. The number of phenolic OH excluding ortho intramolecular Hbond substituents is 1. The fraction of sp³-hybridized carbons (Fsp3) is 0.478. The molecule has 1 heterocycles. The van der Waals surface area contributed by atoms with Gasteiger partial charge in [-0.05, 0) is 70.2 Å². The van der Waals surface area contributed by atoms with Crippen LogP contribution in [0.15, 0.2) is 30.4 Å². The van der Waals surface area contributed by atoms with Crippen molar-refractivity contribution in [1.82, 2.24) is 0 Å². The molecule has 0 bridgehead atoms. The molecule has 1 aromatic rings. The Hall–Kier alpha value is -2.16. The van der Waals surface area contributed by atoms with E-state index in [4.69, 9.17) is 4.74 Å². The summed E-state index contributed by atoms with van der Waals surface area (Å²) >= 11 is 0. The normalized spacial score (nSPS) is 18.2. The van der Waals surface area contributed by atoms with Crippen molar-refractivity contribution < 1.29 is 14.9 Å². The zero-order valence-corrected chi connectivity index (χ0v) is 16.6. The zero-order valence-electron chi connectivity index (χ0n) is 16.6. The molecule has 0 aromatic heterocycles. The van der Waals surface area contributed by atoms with Gasteiger partial charge < -0.3 is 14.9 Å². The summed E-state index contributed by atoms with van der Waals surface area (Å²) in [6, 6.07) is 1.74. The first-order valence-corrected chi connectivity index (χ1v) is 9.56. The maximum Gasteiger partial charge on any atom is 0.142 e. The number of aryl methyl sites for hydroxylation is 1. The summed E-state index contributed by atoms with van der Waals surface area (Å²) in [4.78, 5) is 0. The first kappa shape index (κ1) is 20.2. The highest BCUT2D eigenvalue weighted by molar-refractivity contribution is 5.78. The minimum absolute atomic E-state index is 0.00491. The van der Waals surface area contributed by atoms with Crippen LogP contribution in [0.5, 0.6) is 11.5 Å². The molecule has 0 saturated heterocycles. The predicted octanol–water partition coefficient (Wildman–Crippen LogP) is 6.56. The highest BCUT2D eigenvalue weighted by atomic mass is 16.5. The van der Waals surface area contributed by atoms with E-state index in [1.54, 1.807) is 6.07 Å².